The lowest BCUT2D eigenvalue weighted by Gasteiger charge is -2.52. The summed E-state index contributed by atoms with van der Waals surface area (Å²) >= 11 is 0. The summed E-state index contributed by atoms with van der Waals surface area (Å²) < 4.78 is 36.5. The van der Waals surface area contributed by atoms with Crippen LogP contribution < -0.4 is 4.74 Å². The van der Waals surface area contributed by atoms with Gasteiger partial charge in [0.2, 0.25) is 0 Å². The van der Waals surface area contributed by atoms with E-state index in [2.05, 4.69) is 0 Å². The summed E-state index contributed by atoms with van der Waals surface area (Å²) in [5.74, 6) is 0.318. The summed E-state index contributed by atoms with van der Waals surface area (Å²) in [6.07, 6.45) is 0. The molecule has 0 saturated carbocycles. The zero-order valence-corrected chi connectivity index (χ0v) is 16.3. The van der Waals surface area contributed by atoms with Crippen molar-refractivity contribution in [2.24, 2.45) is 0 Å². The zero-order chi connectivity index (χ0) is 18.9. The number of likely N-dealkylation sites (tertiary alicyclic amines) is 1. The number of benzene rings is 1. The van der Waals surface area contributed by atoms with Gasteiger partial charge in [-0.05, 0) is 25.7 Å². The zero-order valence-electron chi connectivity index (χ0n) is 15.5. The molecule has 0 radical (unpaired) electrons. The summed E-state index contributed by atoms with van der Waals surface area (Å²) in [4.78, 5) is 16.3. The minimum atomic E-state index is -3.25. The molecule has 0 N–H and O–H groups in total. The van der Waals surface area contributed by atoms with E-state index in [0.717, 1.165) is 6.54 Å². The molecule has 2 fully saturated rings. The second kappa shape index (κ2) is 7.17. The minimum absolute atomic E-state index is 0.0298. The van der Waals surface area contributed by atoms with Gasteiger partial charge in [-0.1, -0.05) is 19.1 Å². The van der Waals surface area contributed by atoms with E-state index < -0.39 is 20.7 Å². The van der Waals surface area contributed by atoms with Crippen molar-refractivity contribution in [1.29, 1.82) is 0 Å². The fraction of sp³-hybridized carbons (Fsp3) is 0.611. The fourth-order valence-corrected chi connectivity index (χ4v) is 5.50. The number of methoxy groups -OCH3 is 1. The van der Waals surface area contributed by atoms with Crippen LogP contribution in [0.2, 0.25) is 0 Å². The average molecular weight is 382 g/mol. The SMILES string of the molecule is CCN(C)C[C@H]1COC2(CN(C(=O)c3ccccc3OC)C2)CS1(=O)=O. The highest BCUT2D eigenvalue weighted by molar-refractivity contribution is 7.92. The van der Waals surface area contributed by atoms with E-state index in [1.807, 2.05) is 18.9 Å². The smallest absolute Gasteiger partial charge is 0.257 e. The molecule has 0 aromatic heterocycles. The molecule has 144 valence electrons. The number of amides is 1. The molecular formula is C18H26N2O5S. The summed E-state index contributed by atoms with van der Waals surface area (Å²) in [5, 5.41) is -0.503. The number of sulfone groups is 1. The molecule has 1 aromatic carbocycles. The molecule has 8 heteroatoms. The Labute approximate surface area is 154 Å². The summed E-state index contributed by atoms with van der Waals surface area (Å²) in [6, 6.07) is 7.03. The quantitative estimate of drug-likeness (QED) is 0.745. The van der Waals surface area contributed by atoms with Crippen molar-refractivity contribution >= 4 is 15.7 Å². The van der Waals surface area contributed by atoms with Crippen LogP contribution in [0.25, 0.3) is 0 Å². The number of nitrogens with zero attached hydrogens (tertiary/aromatic N) is 2. The van der Waals surface area contributed by atoms with E-state index in [4.69, 9.17) is 9.47 Å². The highest BCUT2D eigenvalue weighted by Gasteiger charge is 2.54. The van der Waals surface area contributed by atoms with Gasteiger partial charge in [-0.2, -0.15) is 0 Å². The summed E-state index contributed by atoms with van der Waals surface area (Å²) in [6.45, 7) is 4.02. The lowest BCUT2D eigenvalue weighted by molar-refractivity contribution is -0.121. The Morgan fingerprint density at radius 2 is 2.08 bits per heavy atom. The van der Waals surface area contributed by atoms with E-state index in [-0.39, 0.29) is 18.3 Å². The maximum atomic E-state index is 12.7. The first-order valence-electron chi connectivity index (χ1n) is 8.76. The van der Waals surface area contributed by atoms with Crippen molar-refractivity contribution in [2.45, 2.75) is 17.8 Å². The molecule has 26 heavy (non-hydrogen) atoms. The normalized spacial score (nSPS) is 23.7. The highest BCUT2D eigenvalue weighted by Crippen LogP contribution is 2.34. The van der Waals surface area contributed by atoms with Crippen LogP contribution in [0.4, 0.5) is 0 Å². The van der Waals surface area contributed by atoms with Crippen LogP contribution in [0.15, 0.2) is 24.3 Å². The van der Waals surface area contributed by atoms with E-state index in [0.29, 0.717) is 30.9 Å². The van der Waals surface area contributed by atoms with Gasteiger partial charge in [0.05, 0.1) is 43.4 Å². The Morgan fingerprint density at radius 1 is 1.38 bits per heavy atom. The van der Waals surface area contributed by atoms with Crippen LogP contribution in [0, 0.1) is 0 Å². The first-order chi connectivity index (χ1) is 12.3. The minimum Gasteiger partial charge on any atom is -0.496 e. The van der Waals surface area contributed by atoms with Crippen molar-refractivity contribution < 1.29 is 22.7 Å². The van der Waals surface area contributed by atoms with Crippen LogP contribution in [0.1, 0.15) is 17.3 Å². The van der Waals surface area contributed by atoms with E-state index >= 15 is 0 Å². The predicted octanol–water partition coefficient (Wildman–Crippen LogP) is 0.655. The monoisotopic (exact) mass is 382 g/mol. The van der Waals surface area contributed by atoms with Crippen LogP contribution in [0.5, 0.6) is 5.75 Å². The predicted molar refractivity (Wildman–Crippen MR) is 98.3 cm³/mol. The van der Waals surface area contributed by atoms with Gasteiger partial charge in [-0.25, -0.2) is 8.42 Å². The van der Waals surface area contributed by atoms with E-state index in [1.165, 1.54) is 7.11 Å². The van der Waals surface area contributed by atoms with Gasteiger partial charge in [0.25, 0.3) is 5.91 Å². The molecule has 7 nitrogen and oxygen atoms in total. The van der Waals surface area contributed by atoms with Gasteiger partial charge in [0.1, 0.15) is 11.4 Å². The topological polar surface area (TPSA) is 76.2 Å². The summed E-state index contributed by atoms with van der Waals surface area (Å²) in [5.41, 5.74) is -0.288. The largest absolute Gasteiger partial charge is 0.496 e. The Hall–Kier alpha value is -1.64. The molecule has 2 aliphatic rings. The van der Waals surface area contributed by atoms with Crippen molar-refractivity contribution in [1.82, 2.24) is 9.80 Å². The lowest BCUT2D eigenvalue weighted by atomic mass is 9.94. The third kappa shape index (κ3) is 3.58. The average Bonchev–Trinajstić information content (AvgIpc) is 2.60. The number of ether oxygens (including phenoxy) is 2. The molecular weight excluding hydrogens is 356 g/mol. The van der Waals surface area contributed by atoms with Crippen LogP contribution >= 0.6 is 0 Å². The number of carbonyl (C=O) groups is 1. The third-order valence-electron chi connectivity index (χ3n) is 5.19. The van der Waals surface area contributed by atoms with Crippen LogP contribution in [-0.2, 0) is 14.6 Å². The van der Waals surface area contributed by atoms with Gasteiger partial charge < -0.3 is 19.3 Å². The van der Waals surface area contributed by atoms with Crippen molar-refractivity contribution in [3.05, 3.63) is 29.8 Å². The Balaban J connectivity index is 1.65. The molecule has 2 heterocycles. The molecule has 0 bridgehead atoms. The summed E-state index contributed by atoms with van der Waals surface area (Å²) in [7, 11) is 0.168. The second-order valence-electron chi connectivity index (χ2n) is 7.14. The van der Waals surface area contributed by atoms with Gasteiger partial charge in [-0.3, -0.25) is 4.79 Å². The van der Waals surface area contributed by atoms with E-state index in [9.17, 15) is 13.2 Å². The molecule has 0 unspecified atom stereocenters. The molecule has 3 rings (SSSR count). The first-order valence-corrected chi connectivity index (χ1v) is 10.5. The Kier molecular flexibility index (Phi) is 5.28. The molecule has 1 spiro atoms. The van der Waals surface area contributed by atoms with Crippen molar-refractivity contribution in [3.8, 4) is 5.75 Å². The van der Waals surface area contributed by atoms with Gasteiger partial charge in [-0.15, -0.1) is 0 Å². The maximum absolute atomic E-state index is 12.7. The highest BCUT2D eigenvalue weighted by atomic mass is 32.2. The number of rotatable bonds is 5. The molecule has 0 aliphatic carbocycles. The van der Waals surface area contributed by atoms with E-state index in [1.54, 1.807) is 29.2 Å². The Bertz CT molecular complexity index is 774. The van der Waals surface area contributed by atoms with Gasteiger partial charge in [0, 0.05) is 6.54 Å². The lowest BCUT2D eigenvalue weighted by Crippen LogP contribution is -2.71. The van der Waals surface area contributed by atoms with Gasteiger partial charge in [0.15, 0.2) is 9.84 Å². The molecule has 2 aliphatic heterocycles. The molecule has 1 amide bonds. The molecule has 1 atom stereocenters. The maximum Gasteiger partial charge on any atom is 0.257 e. The fourth-order valence-electron chi connectivity index (χ4n) is 3.51. The second-order valence-corrected chi connectivity index (χ2v) is 9.42. The van der Waals surface area contributed by atoms with Crippen LogP contribution in [-0.4, -0.2) is 87.7 Å². The first kappa shape index (κ1) is 19.1. The number of hydrogen-bond donors (Lipinski definition) is 0. The number of hydrogen-bond acceptors (Lipinski definition) is 6. The van der Waals surface area contributed by atoms with Crippen molar-refractivity contribution in [3.63, 3.8) is 0 Å². The number of para-hydroxylation sites is 1. The van der Waals surface area contributed by atoms with Crippen LogP contribution in [0.3, 0.4) is 0 Å². The Morgan fingerprint density at radius 3 is 2.69 bits per heavy atom. The molecule has 1 aromatic rings. The third-order valence-corrected chi connectivity index (χ3v) is 7.41. The standard InChI is InChI=1S/C18H26N2O5S/c1-4-19(2)9-14-10-25-18(13-26(14,22)23)11-20(12-18)17(21)15-7-5-6-8-16(15)24-3/h5-8,14H,4,9-13H2,1-3H3/t14-/m0/s1. The number of carbonyl (C=O) groups excluding carboxylic acids is 1. The molecule has 2 saturated heterocycles. The van der Waals surface area contributed by atoms with Gasteiger partial charge >= 0.3 is 0 Å². The van der Waals surface area contributed by atoms with Crippen molar-refractivity contribution in [2.75, 3.05) is 52.7 Å².